The summed E-state index contributed by atoms with van der Waals surface area (Å²) < 4.78 is 15.9. The predicted octanol–water partition coefficient (Wildman–Crippen LogP) is 3.43. The molecule has 1 aliphatic heterocycles. The summed E-state index contributed by atoms with van der Waals surface area (Å²) in [6.45, 7) is 3.39. The van der Waals surface area contributed by atoms with Crippen molar-refractivity contribution in [3.8, 4) is 0 Å². The molecule has 1 aromatic heterocycles. The molecule has 0 saturated carbocycles. The van der Waals surface area contributed by atoms with Crippen molar-refractivity contribution in [3.05, 3.63) is 58.6 Å². The minimum atomic E-state index is -0.427. The number of carbonyl (C=O) groups excluding carboxylic acids is 1. The Labute approximate surface area is 127 Å². The van der Waals surface area contributed by atoms with Crippen LogP contribution in [0.2, 0.25) is 5.02 Å². The number of rotatable bonds is 2. The lowest BCUT2D eigenvalue weighted by Gasteiger charge is -2.35. The number of amides is 1. The van der Waals surface area contributed by atoms with E-state index < -0.39 is 5.82 Å². The number of aromatic nitrogens is 1. The van der Waals surface area contributed by atoms with Crippen LogP contribution in [-0.2, 0) is 17.8 Å². The molecule has 0 aliphatic carbocycles. The quantitative estimate of drug-likeness (QED) is 0.834. The van der Waals surface area contributed by atoms with Crippen molar-refractivity contribution in [2.24, 2.45) is 0 Å². The van der Waals surface area contributed by atoms with Gasteiger partial charge in [-0.3, -0.25) is 4.79 Å². The van der Waals surface area contributed by atoms with Gasteiger partial charge in [-0.2, -0.15) is 0 Å². The smallest absolute Gasteiger partial charge is 0.227 e. The molecule has 110 valence electrons. The van der Waals surface area contributed by atoms with Gasteiger partial charge in [-0.25, -0.2) is 4.39 Å². The Balaban J connectivity index is 1.81. The van der Waals surface area contributed by atoms with E-state index in [2.05, 4.69) is 4.57 Å². The summed E-state index contributed by atoms with van der Waals surface area (Å²) in [5.41, 5.74) is 1.38. The van der Waals surface area contributed by atoms with E-state index >= 15 is 0 Å². The van der Waals surface area contributed by atoms with Gasteiger partial charge in [0, 0.05) is 35.6 Å². The zero-order valence-corrected chi connectivity index (χ0v) is 12.5. The molecule has 21 heavy (non-hydrogen) atoms. The summed E-state index contributed by atoms with van der Waals surface area (Å²) >= 11 is 6.00. The number of nitrogens with zero attached hydrogens (tertiary/aromatic N) is 2. The van der Waals surface area contributed by atoms with E-state index in [0.29, 0.717) is 11.6 Å². The zero-order valence-electron chi connectivity index (χ0n) is 11.7. The Morgan fingerprint density at radius 3 is 2.90 bits per heavy atom. The van der Waals surface area contributed by atoms with Gasteiger partial charge in [0.25, 0.3) is 0 Å². The second-order valence-corrected chi connectivity index (χ2v) is 5.67. The first-order valence-corrected chi connectivity index (χ1v) is 7.33. The monoisotopic (exact) mass is 306 g/mol. The fraction of sp³-hybridized carbons (Fsp3) is 0.312. The van der Waals surface area contributed by atoms with Gasteiger partial charge in [-0.05, 0) is 31.2 Å². The van der Waals surface area contributed by atoms with Crippen molar-refractivity contribution < 1.29 is 9.18 Å². The fourth-order valence-corrected chi connectivity index (χ4v) is 3.10. The molecular weight excluding hydrogens is 291 g/mol. The molecule has 3 rings (SSSR count). The summed E-state index contributed by atoms with van der Waals surface area (Å²) in [6, 6.07) is 8.47. The highest BCUT2D eigenvalue weighted by Gasteiger charge is 2.28. The van der Waals surface area contributed by atoms with E-state index in [1.807, 2.05) is 25.3 Å². The van der Waals surface area contributed by atoms with Crippen molar-refractivity contribution in [2.45, 2.75) is 25.9 Å². The van der Waals surface area contributed by atoms with Crippen molar-refractivity contribution in [3.63, 3.8) is 0 Å². The molecule has 2 aromatic rings. The van der Waals surface area contributed by atoms with Crippen LogP contribution < -0.4 is 0 Å². The van der Waals surface area contributed by atoms with Gasteiger partial charge in [-0.15, -0.1) is 0 Å². The molecule has 1 atom stereocenters. The number of hydrogen-bond donors (Lipinski definition) is 0. The molecule has 0 radical (unpaired) electrons. The number of carbonyl (C=O) groups is 1. The summed E-state index contributed by atoms with van der Waals surface area (Å²) in [6.07, 6.45) is 2.01. The number of fused-ring (bicyclic) bond motifs is 1. The van der Waals surface area contributed by atoms with E-state index in [1.54, 1.807) is 17.0 Å². The Hall–Kier alpha value is -1.81. The lowest BCUT2D eigenvalue weighted by molar-refractivity contribution is -0.133. The van der Waals surface area contributed by atoms with Crippen molar-refractivity contribution in [1.29, 1.82) is 0 Å². The van der Waals surface area contributed by atoms with Crippen molar-refractivity contribution in [2.75, 3.05) is 6.54 Å². The van der Waals surface area contributed by atoms with E-state index in [4.69, 9.17) is 11.6 Å². The van der Waals surface area contributed by atoms with Gasteiger partial charge < -0.3 is 9.47 Å². The second kappa shape index (κ2) is 5.53. The average Bonchev–Trinajstić information content (AvgIpc) is 2.92. The highest BCUT2D eigenvalue weighted by Crippen LogP contribution is 2.27. The number of halogens is 2. The third-order valence-electron chi connectivity index (χ3n) is 4.05. The molecule has 0 bridgehead atoms. The second-order valence-electron chi connectivity index (χ2n) is 5.27. The van der Waals surface area contributed by atoms with Crippen LogP contribution in [0.25, 0.3) is 0 Å². The topological polar surface area (TPSA) is 25.2 Å². The maximum absolute atomic E-state index is 13.8. The molecule has 0 N–H and O–H groups in total. The number of benzene rings is 1. The van der Waals surface area contributed by atoms with E-state index in [1.165, 1.54) is 6.07 Å². The highest BCUT2D eigenvalue weighted by molar-refractivity contribution is 6.31. The third kappa shape index (κ3) is 2.56. The van der Waals surface area contributed by atoms with Gasteiger partial charge in [0.15, 0.2) is 0 Å². The van der Waals surface area contributed by atoms with Crippen molar-refractivity contribution in [1.82, 2.24) is 9.47 Å². The zero-order chi connectivity index (χ0) is 15.0. The Kier molecular flexibility index (Phi) is 3.72. The summed E-state index contributed by atoms with van der Waals surface area (Å²) in [5.74, 6) is -0.522. The van der Waals surface area contributed by atoms with Crippen LogP contribution >= 0.6 is 11.6 Å². The first-order valence-electron chi connectivity index (χ1n) is 6.95. The number of hydrogen-bond acceptors (Lipinski definition) is 1. The minimum absolute atomic E-state index is 0.00342. The van der Waals surface area contributed by atoms with Crippen LogP contribution in [0, 0.1) is 5.82 Å². The van der Waals surface area contributed by atoms with Gasteiger partial charge >= 0.3 is 0 Å². The molecule has 5 heteroatoms. The van der Waals surface area contributed by atoms with Crippen LogP contribution in [0.4, 0.5) is 4.39 Å². The molecular formula is C16H16ClFN2O. The van der Waals surface area contributed by atoms with E-state index in [-0.39, 0.29) is 23.9 Å². The molecule has 0 fully saturated rings. The van der Waals surface area contributed by atoms with Gasteiger partial charge in [0.2, 0.25) is 5.91 Å². The fourth-order valence-electron chi connectivity index (χ4n) is 2.87. The largest absolute Gasteiger partial charge is 0.348 e. The minimum Gasteiger partial charge on any atom is -0.348 e. The first kappa shape index (κ1) is 14.1. The molecule has 0 saturated heterocycles. The maximum atomic E-state index is 13.8. The summed E-state index contributed by atoms with van der Waals surface area (Å²) in [5, 5.41) is 0.302. The molecule has 1 aromatic carbocycles. The van der Waals surface area contributed by atoms with Gasteiger partial charge in [0.05, 0.1) is 12.5 Å². The lowest BCUT2D eigenvalue weighted by Crippen LogP contribution is -2.41. The Morgan fingerprint density at radius 1 is 1.33 bits per heavy atom. The van der Waals surface area contributed by atoms with Gasteiger partial charge in [-0.1, -0.05) is 17.7 Å². The van der Waals surface area contributed by atoms with E-state index in [9.17, 15) is 9.18 Å². The standard InChI is InChI=1S/C16H16ClFN2O/c1-11-15-6-3-7-19(15)8-9-20(11)16(21)10-12-13(17)4-2-5-14(12)18/h2-7,11H,8-10H2,1H3/t11-/m1/s1. The van der Waals surface area contributed by atoms with Crippen LogP contribution in [0.1, 0.15) is 24.2 Å². The first-order chi connectivity index (χ1) is 10.1. The third-order valence-corrected chi connectivity index (χ3v) is 4.41. The maximum Gasteiger partial charge on any atom is 0.227 e. The van der Waals surface area contributed by atoms with E-state index in [0.717, 1.165) is 12.2 Å². The molecule has 0 spiro atoms. The van der Waals surface area contributed by atoms with Gasteiger partial charge in [0.1, 0.15) is 5.82 Å². The molecule has 2 heterocycles. The molecule has 3 nitrogen and oxygen atoms in total. The predicted molar refractivity (Wildman–Crippen MR) is 79.7 cm³/mol. The molecule has 0 unspecified atom stereocenters. The van der Waals surface area contributed by atoms with Crippen LogP contribution in [0.5, 0.6) is 0 Å². The Bertz CT molecular complexity index is 662. The van der Waals surface area contributed by atoms with Crippen LogP contribution in [0.3, 0.4) is 0 Å². The molecule has 1 aliphatic rings. The van der Waals surface area contributed by atoms with Crippen molar-refractivity contribution >= 4 is 17.5 Å². The summed E-state index contributed by atoms with van der Waals surface area (Å²) in [4.78, 5) is 14.3. The van der Waals surface area contributed by atoms with Crippen LogP contribution in [0.15, 0.2) is 36.5 Å². The molecule has 1 amide bonds. The summed E-state index contributed by atoms with van der Waals surface area (Å²) in [7, 11) is 0. The lowest BCUT2D eigenvalue weighted by atomic mass is 10.1. The Morgan fingerprint density at radius 2 is 2.14 bits per heavy atom. The normalized spacial score (nSPS) is 17.7. The SMILES string of the molecule is C[C@@H]1c2cccn2CCN1C(=O)Cc1c(F)cccc1Cl. The average molecular weight is 307 g/mol. The van der Waals surface area contributed by atoms with Crippen LogP contribution in [-0.4, -0.2) is 21.9 Å². The highest BCUT2D eigenvalue weighted by atomic mass is 35.5.